The molecule has 2 aromatic carbocycles. The van der Waals surface area contributed by atoms with Gasteiger partial charge in [-0.1, -0.05) is 30.3 Å². The third kappa shape index (κ3) is 5.76. The Hall–Kier alpha value is -3.15. The van der Waals surface area contributed by atoms with Gasteiger partial charge in [-0.05, 0) is 36.8 Å². The van der Waals surface area contributed by atoms with Crippen molar-refractivity contribution in [2.45, 2.75) is 19.9 Å². The fraction of sp³-hybridized carbons (Fsp3) is 0.211. The van der Waals surface area contributed by atoms with Gasteiger partial charge in [0.05, 0.1) is 11.6 Å². The number of hydrogen-bond donors (Lipinski definition) is 2. The number of carbonyl (C=O) groups is 3. The molecular weight excluding hydrogens is 320 g/mol. The van der Waals surface area contributed by atoms with Gasteiger partial charge < -0.3 is 15.4 Å². The van der Waals surface area contributed by atoms with Gasteiger partial charge in [0.25, 0.3) is 5.91 Å². The van der Waals surface area contributed by atoms with Crippen molar-refractivity contribution in [1.29, 1.82) is 0 Å². The lowest BCUT2D eigenvalue weighted by Gasteiger charge is -2.14. The monoisotopic (exact) mass is 340 g/mol. The van der Waals surface area contributed by atoms with Crippen molar-refractivity contribution in [1.82, 2.24) is 5.32 Å². The van der Waals surface area contributed by atoms with Gasteiger partial charge in [0, 0.05) is 12.6 Å². The number of hydrogen-bond acceptors (Lipinski definition) is 4. The lowest BCUT2D eigenvalue weighted by Crippen LogP contribution is -2.31. The van der Waals surface area contributed by atoms with Crippen LogP contribution in [-0.4, -0.2) is 24.4 Å². The Morgan fingerprint density at radius 2 is 1.64 bits per heavy atom. The van der Waals surface area contributed by atoms with Crippen LogP contribution in [0.3, 0.4) is 0 Å². The summed E-state index contributed by atoms with van der Waals surface area (Å²) in [6.07, 6.45) is 0. The first-order valence-electron chi connectivity index (χ1n) is 7.85. The van der Waals surface area contributed by atoms with Gasteiger partial charge >= 0.3 is 5.97 Å². The molecule has 2 amide bonds. The first-order valence-corrected chi connectivity index (χ1v) is 7.85. The highest BCUT2D eigenvalue weighted by atomic mass is 16.5. The Morgan fingerprint density at radius 3 is 2.24 bits per heavy atom. The molecule has 0 fully saturated rings. The summed E-state index contributed by atoms with van der Waals surface area (Å²) in [6, 6.07) is 15.6. The van der Waals surface area contributed by atoms with E-state index in [1.54, 1.807) is 12.1 Å². The summed E-state index contributed by atoms with van der Waals surface area (Å²) in [5, 5.41) is 5.37. The van der Waals surface area contributed by atoms with E-state index in [2.05, 4.69) is 10.6 Å². The highest BCUT2D eigenvalue weighted by Crippen LogP contribution is 2.12. The minimum atomic E-state index is -0.600. The highest BCUT2D eigenvalue weighted by Gasteiger charge is 2.13. The van der Waals surface area contributed by atoms with E-state index in [0.717, 1.165) is 5.56 Å². The fourth-order valence-corrected chi connectivity index (χ4v) is 2.22. The summed E-state index contributed by atoms with van der Waals surface area (Å²) in [5.41, 5.74) is 1.85. The van der Waals surface area contributed by atoms with Crippen LogP contribution in [0.5, 0.6) is 0 Å². The predicted molar refractivity (Wildman–Crippen MR) is 94.0 cm³/mol. The molecule has 2 N–H and O–H groups in total. The lowest BCUT2D eigenvalue weighted by atomic mass is 10.1. The van der Waals surface area contributed by atoms with Gasteiger partial charge in [-0.15, -0.1) is 0 Å². The fourth-order valence-electron chi connectivity index (χ4n) is 2.22. The highest BCUT2D eigenvalue weighted by molar-refractivity contribution is 5.93. The minimum absolute atomic E-state index is 0.177. The Balaban J connectivity index is 1.82. The van der Waals surface area contributed by atoms with Crippen LogP contribution in [0.2, 0.25) is 0 Å². The molecule has 6 heteroatoms. The normalized spacial score (nSPS) is 11.3. The molecule has 0 aliphatic heterocycles. The molecular formula is C19H20N2O4. The second kappa shape index (κ2) is 8.63. The zero-order chi connectivity index (χ0) is 18.2. The first-order chi connectivity index (χ1) is 12.0. The standard InChI is InChI=1S/C19H20N2O4/c1-13(15-6-4-3-5-7-15)20-18(23)12-25-19(24)16-8-10-17(11-9-16)21-14(2)22/h3-11,13H,12H2,1-2H3,(H,20,23)(H,21,22). The van der Waals surface area contributed by atoms with Crippen molar-refractivity contribution in [2.75, 3.05) is 11.9 Å². The van der Waals surface area contributed by atoms with E-state index >= 15 is 0 Å². The van der Waals surface area contributed by atoms with E-state index in [4.69, 9.17) is 4.74 Å². The molecule has 0 saturated heterocycles. The third-order valence-electron chi connectivity index (χ3n) is 3.45. The van der Waals surface area contributed by atoms with Crippen molar-refractivity contribution < 1.29 is 19.1 Å². The van der Waals surface area contributed by atoms with E-state index in [-0.39, 0.29) is 24.5 Å². The largest absolute Gasteiger partial charge is 0.452 e. The van der Waals surface area contributed by atoms with Crippen LogP contribution >= 0.6 is 0 Å². The molecule has 0 saturated carbocycles. The molecule has 1 atom stereocenters. The second-order valence-corrected chi connectivity index (χ2v) is 5.53. The second-order valence-electron chi connectivity index (χ2n) is 5.53. The maximum absolute atomic E-state index is 11.9. The number of benzene rings is 2. The molecule has 0 aliphatic carbocycles. The molecule has 2 aromatic rings. The SMILES string of the molecule is CC(=O)Nc1ccc(C(=O)OCC(=O)NC(C)c2ccccc2)cc1. The van der Waals surface area contributed by atoms with Crippen LogP contribution < -0.4 is 10.6 Å². The zero-order valence-electron chi connectivity index (χ0n) is 14.1. The van der Waals surface area contributed by atoms with E-state index in [0.29, 0.717) is 11.3 Å². The topological polar surface area (TPSA) is 84.5 Å². The first kappa shape index (κ1) is 18.2. The molecule has 130 valence electrons. The zero-order valence-corrected chi connectivity index (χ0v) is 14.1. The number of anilines is 1. The molecule has 0 radical (unpaired) electrons. The molecule has 0 heterocycles. The van der Waals surface area contributed by atoms with Gasteiger partial charge in [0.2, 0.25) is 5.91 Å². The van der Waals surface area contributed by atoms with E-state index in [1.165, 1.54) is 19.1 Å². The van der Waals surface area contributed by atoms with E-state index in [1.807, 2.05) is 37.3 Å². The van der Waals surface area contributed by atoms with Gasteiger partial charge in [-0.25, -0.2) is 4.79 Å². The van der Waals surface area contributed by atoms with Crippen molar-refractivity contribution in [2.24, 2.45) is 0 Å². The van der Waals surface area contributed by atoms with Crippen molar-refractivity contribution in [3.8, 4) is 0 Å². The van der Waals surface area contributed by atoms with E-state index in [9.17, 15) is 14.4 Å². The number of carbonyl (C=O) groups excluding carboxylic acids is 3. The van der Waals surface area contributed by atoms with Gasteiger partial charge in [0.1, 0.15) is 0 Å². The molecule has 25 heavy (non-hydrogen) atoms. The minimum Gasteiger partial charge on any atom is -0.452 e. The Kier molecular flexibility index (Phi) is 6.28. The predicted octanol–water partition coefficient (Wildman–Crippen LogP) is 2.68. The van der Waals surface area contributed by atoms with E-state index < -0.39 is 5.97 Å². The smallest absolute Gasteiger partial charge is 0.338 e. The van der Waals surface area contributed by atoms with Crippen LogP contribution in [0.15, 0.2) is 54.6 Å². The molecule has 0 bridgehead atoms. The molecule has 6 nitrogen and oxygen atoms in total. The number of ether oxygens (including phenoxy) is 1. The molecule has 0 aliphatic rings. The summed E-state index contributed by atoms with van der Waals surface area (Å²) in [4.78, 5) is 34.8. The van der Waals surface area contributed by atoms with Crippen molar-refractivity contribution >= 4 is 23.5 Å². The quantitative estimate of drug-likeness (QED) is 0.792. The van der Waals surface area contributed by atoms with Crippen LogP contribution in [0.4, 0.5) is 5.69 Å². The van der Waals surface area contributed by atoms with Gasteiger partial charge in [-0.3, -0.25) is 9.59 Å². The summed E-state index contributed by atoms with van der Waals surface area (Å²) < 4.78 is 5.01. The summed E-state index contributed by atoms with van der Waals surface area (Å²) >= 11 is 0. The summed E-state index contributed by atoms with van der Waals surface area (Å²) in [5.74, 6) is -1.17. The van der Waals surface area contributed by atoms with Crippen molar-refractivity contribution in [3.63, 3.8) is 0 Å². The van der Waals surface area contributed by atoms with Gasteiger partial charge in [-0.2, -0.15) is 0 Å². The lowest BCUT2D eigenvalue weighted by molar-refractivity contribution is -0.124. The average molecular weight is 340 g/mol. The number of amides is 2. The van der Waals surface area contributed by atoms with Gasteiger partial charge in [0.15, 0.2) is 6.61 Å². The van der Waals surface area contributed by atoms with Crippen LogP contribution in [0.25, 0.3) is 0 Å². The molecule has 2 rings (SSSR count). The maximum Gasteiger partial charge on any atom is 0.338 e. The maximum atomic E-state index is 11.9. The number of esters is 1. The third-order valence-corrected chi connectivity index (χ3v) is 3.45. The molecule has 0 aromatic heterocycles. The molecule has 1 unspecified atom stereocenters. The van der Waals surface area contributed by atoms with Crippen LogP contribution in [0.1, 0.15) is 35.8 Å². The van der Waals surface area contributed by atoms with Crippen LogP contribution in [-0.2, 0) is 14.3 Å². The number of rotatable bonds is 6. The Morgan fingerprint density at radius 1 is 1.00 bits per heavy atom. The van der Waals surface area contributed by atoms with Crippen molar-refractivity contribution in [3.05, 3.63) is 65.7 Å². The molecule has 0 spiro atoms. The average Bonchev–Trinajstić information content (AvgIpc) is 2.60. The Bertz CT molecular complexity index is 742. The Labute approximate surface area is 146 Å². The number of nitrogens with one attached hydrogen (secondary N) is 2. The van der Waals surface area contributed by atoms with Crippen LogP contribution in [0, 0.1) is 0 Å². The summed E-state index contributed by atoms with van der Waals surface area (Å²) in [6.45, 7) is 2.90. The summed E-state index contributed by atoms with van der Waals surface area (Å²) in [7, 11) is 0.